The summed E-state index contributed by atoms with van der Waals surface area (Å²) in [5.74, 6) is -1.15. The highest BCUT2D eigenvalue weighted by molar-refractivity contribution is 7.93. The smallest absolute Gasteiger partial charge is 0.263 e. The second-order valence-electron chi connectivity index (χ2n) is 2.26. The van der Waals surface area contributed by atoms with Crippen molar-refractivity contribution in [2.24, 2.45) is 0 Å². The molecule has 78 valence electrons. The maximum absolute atomic E-state index is 11.3. The van der Waals surface area contributed by atoms with Gasteiger partial charge in [-0.3, -0.25) is 10.1 Å². The lowest BCUT2D eigenvalue weighted by atomic mass is 10.7. The summed E-state index contributed by atoms with van der Waals surface area (Å²) in [4.78, 5) is 9.13. The number of rotatable bonds is 3. The van der Waals surface area contributed by atoms with E-state index in [1.807, 2.05) is 0 Å². The van der Waals surface area contributed by atoms with Gasteiger partial charge in [-0.15, -0.1) is 11.3 Å². The summed E-state index contributed by atoms with van der Waals surface area (Å²) < 4.78 is 22.4. The minimum Gasteiger partial charge on any atom is -0.263 e. The number of hydrogen-bond acceptors (Lipinski definition) is 5. The average molecular weight is 276 g/mol. The van der Waals surface area contributed by atoms with Gasteiger partial charge in [0.05, 0.1) is 5.02 Å². The summed E-state index contributed by atoms with van der Waals surface area (Å²) >= 11 is 11.7. The molecule has 0 bridgehead atoms. The fraction of sp³-hybridized carbons (Fsp3) is 0.200. The van der Waals surface area contributed by atoms with E-state index >= 15 is 0 Å². The summed E-state index contributed by atoms with van der Waals surface area (Å²) in [6.07, 6.45) is 0. The highest BCUT2D eigenvalue weighted by Gasteiger charge is 2.24. The molecular formula is C5H3Cl2NO4S2. The van der Waals surface area contributed by atoms with Crippen molar-refractivity contribution in [3.8, 4) is 0 Å². The Kier molecular flexibility index (Phi) is 3.36. The van der Waals surface area contributed by atoms with E-state index in [4.69, 9.17) is 23.2 Å². The first-order valence-electron chi connectivity index (χ1n) is 3.12. The third kappa shape index (κ3) is 2.57. The zero-order valence-electron chi connectivity index (χ0n) is 6.44. The summed E-state index contributed by atoms with van der Waals surface area (Å²) in [6.45, 7) is 0. The van der Waals surface area contributed by atoms with Gasteiger partial charge in [0.15, 0.2) is 0 Å². The molecule has 1 aromatic heterocycles. The van der Waals surface area contributed by atoms with Crippen molar-refractivity contribution >= 4 is 44.4 Å². The minimum absolute atomic E-state index is 0.0820. The van der Waals surface area contributed by atoms with E-state index in [2.05, 4.69) is 0 Å². The van der Waals surface area contributed by atoms with Gasteiger partial charge in [0.1, 0.15) is 8.55 Å². The lowest BCUT2D eigenvalue weighted by molar-refractivity contribution is -0.458. The van der Waals surface area contributed by atoms with Gasteiger partial charge in [-0.1, -0.05) is 23.2 Å². The van der Waals surface area contributed by atoms with Crippen molar-refractivity contribution in [1.29, 1.82) is 0 Å². The fourth-order valence-corrected chi connectivity index (χ4v) is 3.61. The van der Waals surface area contributed by atoms with Crippen LogP contribution in [0.1, 0.15) is 0 Å². The van der Waals surface area contributed by atoms with Crippen LogP contribution in [0.2, 0.25) is 9.36 Å². The monoisotopic (exact) mass is 275 g/mol. The molecular weight excluding hydrogens is 273 g/mol. The zero-order valence-corrected chi connectivity index (χ0v) is 9.58. The van der Waals surface area contributed by atoms with Crippen LogP contribution >= 0.6 is 34.5 Å². The number of halogens is 2. The zero-order chi connectivity index (χ0) is 10.9. The molecule has 1 rings (SSSR count). The maximum Gasteiger partial charge on any atom is 0.306 e. The van der Waals surface area contributed by atoms with E-state index in [0.717, 1.165) is 6.07 Å². The largest absolute Gasteiger partial charge is 0.306 e. The number of nitro groups is 1. The van der Waals surface area contributed by atoms with Crippen LogP contribution < -0.4 is 0 Å². The van der Waals surface area contributed by atoms with E-state index in [9.17, 15) is 18.5 Å². The highest BCUT2D eigenvalue weighted by atomic mass is 35.5. The third-order valence-electron chi connectivity index (χ3n) is 1.20. The lowest BCUT2D eigenvalue weighted by Crippen LogP contribution is -2.13. The molecule has 0 spiro atoms. The number of hydrogen-bond donors (Lipinski definition) is 0. The molecule has 1 heterocycles. The molecule has 0 aliphatic carbocycles. The molecule has 14 heavy (non-hydrogen) atoms. The topological polar surface area (TPSA) is 77.3 Å². The molecule has 0 fully saturated rings. The SMILES string of the molecule is O=[N+]([O-])CS(=O)(=O)c1cc(Cl)c(Cl)s1. The van der Waals surface area contributed by atoms with Crippen LogP contribution in [0, 0.1) is 10.1 Å². The molecule has 0 aliphatic rings. The average Bonchev–Trinajstić information content (AvgIpc) is 2.30. The lowest BCUT2D eigenvalue weighted by Gasteiger charge is -1.93. The fourth-order valence-electron chi connectivity index (χ4n) is 0.682. The van der Waals surface area contributed by atoms with Gasteiger partial charge >= 0.3 is 5.88 Å². The Balaban J connectivity index is 3.11. The van der Waals surface area contributed by atoms with Crippen molar-refractivity contribution in [3.05, 3.63) is 25.5 Å². The molecule has 9 heteroatoms. The molecule has 0 amide bonds. The van der Waals surface area contributed by atoms with Crippen LogP contribution in [-0.2, 0) is 9.84 Å². The van der Waals surface area contributed by atoms with E-state index in [1.54, 1.807) is 0 Å². The first kappa shape index (κ1) is 11.7. The molecule has 0 aromatic carbocycles. The van der Waals surface area contributed by atoms with E-state index < -0.39 is 20.6 Å². The van der Waals surface area contributed by atoms with Gasteiger partial charge in [0, 0.05) is 4.92 Å². The van der Waals surface area contributed by atoms with Crippen LogP contribution in [0.4, 0.5) is 0 Å². The Morgan fingerprint density at radius 3 is 2.43 bits per heavy atom. The molecule has 1 aromatic rings. The second kappa shape index (κ2) is 4.01. The standard InChI is InChI=1S/C5H3Cl2NO4S2/c6-3-1-4(13-5(3)7)14(11,12)2-8(9)10/h1H,2H2. The Bertz CT molecular complexity index is 447. The Labute approximate surface area is 93.3 Å². The van der Waals surface area contributed by atoms with Gasteiger partial charge in [0.25, 0.3) is 9.84 Å². The minimum atomic E-state index is -3.91. The maximum atomic E-state index is 11.3. The molecule has 0 unspecified atom stereocenters. The molecule has 0 aliphatic heterocycles. The van der Waals surface area contributed by atoms with Crippen molar-refractivity contribution in [3.63, 3.8) is 0 Å². The van der Waals surface area contributed by atoms with Crippen LogP contribution in [0.15, 0.2) is 10.3 Å². The first-order chi connectivity index (χ1) is 6.33. The second-order valence-corrected chi connectivity index (χ2v) is 6.51. The van der Waals surface area contributed by atoms with Gasteiger partial charge in [-0.05, 0) is 6.07 Å². The van der Waals surface area contributed by atoms with E-state index in [1.165, 1.54) is 0 Å². The van der Waals surface area contributed by atoms with Crippen LogP contribution in [-0.4, -0.2) is 19.2 Å². The summed E-state index contributed by atoms with van der Waals surface area (Å²) in [6, 6.07) is 1.10. The van der Waals surface area contributed by atoms with E-state index in [-0.39, 0.29) is 13.6 Å². The highest BCUT2D eigenvalue weighted by Crippen LogP contribution is 2.34. The van der Waals surface area contributed by atoms with Crippen molar-refractivity contribution < 1.29 is 13.3 Å². The Hall–Kier alpha value is -0.370. The molecule has 0 atom stereocenters. The van der Waals surface area contributed by atoms with Gasteiger partial charge in [0.2, 0.25) is 0 Å². The predicted octanol–water partition coefficient (Wildman–Crippen LogP) is 2.06. The Morgan fingerprint density at radius 2 is 2.07 bits per heavy atom. The van der Waals surface area contributed by atoms with Gasteiger partial charge in [-0.2, -0.15) is 0 Å². The Morgan fingerprint density at radius 1 is 1.50 bits per heavy atom. The van der Waals surface area contributed by atoms with Crippen LogP contribution in [0.25, 0.3) is 0 Å². The first-order valence-corrected chi connectivity index (χ1v) is 6.35. The predicted molar refractivity (Wildman–Crippen MR) is 53.4 cm³/mol. The third-order valence-corrected chi connectivity index (χ3v) is 5.16. The van der Waals surface area contributed by atoms with Gasteiger partial charge < -0.3 is 0 Å². The summed E-state index contributed by atoms with van der Waals surface area (Å²) in [5.41, 5.74) is 0. The quantitative estimate of drug-likeness (QED) is 0.625. The number of sulfone groups is 1. The van der Waals surface area contributed by atoms with Crippen molar-refractivity contribution in [2.45, 2.75) is 4.21 Å². The van der Waals surface area contributed by atoms with Crippen LogP contribution in [0.3, 0.4) is 0 Å². The molecule has 0 saturated heterocycles. The number of thiophene rings is 1. The summed E-state index contributed by atoms with van der Waals surface area (Å²) in [7, 11) is -3.91. The van der Waals surface area contributed by atoms with E-state index in [0.29, 0.717) is 11.3 Å². The summed E-state index contributed by atoms with van der Waals surface area (Å²) in [5, 5.41) is 10.1. The van der Waals surface area contributed by atoms with Gasteiger partial charge in [-0.25, -0.2) is 8.42 Å². The number of nitrogens with zero attached hydrogens (tertiary/aromatic N) is 1. The molecule has 0 N–H and O–H groups in total. The van der Waals surface area contributed by atoms with Crippen LogP contribution in [0.5, 0.6) is 0 Å². The normalized spacial score (nSPS) is 11.6. The molecule has 0 saturated carbocycles. The molecule has 0 radical (unpaired) electrons. The molecule has 5 nitrogen and oxygen atoms in total. The van der Waals surface area contributed by atoms with Crippen molar-refractivity contribution in [1.82, 2.24) is 0 Å². The van der Waals surface area contributed by atoms with Crippen molar-refractivity contribution in [2.75, 3.05) is 5.88 Å².